The van der Waals surface area contributed by atoms with Crippen LogP contribution in [0.4, 0.5) is 0 Å². The smallest absolute Gasteiger partial charge is 0.335 e. The summed E-state index contributed by atoms with van der Waals surface area (Å²) in [5.41, 5.74) is 3.04. The molecular weight excluding hydrogens is 294 g/mol. The van der Waals surface area contributed by atoms with Gasteiger partial charge in [0.2, 0.25) is 0 Å². The van der Waals surface area contributed by atoms with E-state index in [2.05, 4.69) is 12.2 Å². The molecule has 0 aliphatic carbocycles. The third-order valence-corrected chi connectivity index (χ3v) is 3.88. The van der Waals surface area contributed by atoms with E-state index in [0.29, 0.717) is 11.5 Å². The second kappa shape index (κ2) is 7.15. The fraction of sp³-hybridized carbons (Fsp3) is 0.278. The third-order valence-electron chi connectivity index (χ3n) is 3.88. The minimum absolute atomic E-state index is 0.145. The molecule has 2 N–H and O–H groups in total. The van der Waals surface area contributed by atoms with Crippen molar-refractivity contribution in [2.45, 2.75) is 13.0 Å². The molecule has 0 radical (unpaired) electrons. The van der Waals surface area contributed by atoms with Crippen LogP contribution in [0.3, 0.4) is 0 Å². The summed E-state index contributed by atoms with van der Waals surface area (Å²) in [7, 11) is 5.08. The van der Waals surface area contributed by atoms with Crippen LogP contribution in [0.5, 0.6) is 11.5 Å². The Hall–Kier alpha value is -2.53. The molecule has 0 aromatic heterocycles. The highest BCUT2D eigenvalue weighted by Gasteiger charge is 2.16. The molecule has 1 atom stereocenters. The van der Waals surface area contributed by atoms with Gasteiger partial charge in [-0.05, 0) is 49.4 Å². The van der Waals surface area contributed by atoms with Crippen molar-refractivity contribution in [2.24, 2.45) is 0 Å². The molecule has 0 aliphatic heterocycles. The summed E-state index contributed by atoms with van der Waals surface area (Å²) in [5, 5.41) is 12.2. The summed E-state index contributed by atoms with van der Waals surface area (Å²) in [5.74, 6) is 0.325. The Balaban J connectivity index is 2.60. The van der Waals surface area contributed by atoms with Crippen molar-refractivity contribution in [3.63, 3.8) is 0 Å². The average Bonchev–Trinajstić information content (AvgIpc) is 2.59. The van der Waals surface area contributed by atoms with Crippen LogP contribution in [0.2, 0.25) is 0 Å². The van der Waals surface area contributed by atoms with Crippen LogP contribution >= 0.6 is 0 Å². The molecule has 23 heavy (non-hydrogen) atoms. The van der Waals surface area contributed by atoms with Crippen molar-refractivity contribution in [3.05, 3.63) is 47.5 Å². The lowest BCUT2D eigenvalue weighted by Gasteiger charge is -2.18. The summed E-state index contributed by atoms with van der Waals surface area (Å²) in [6.07, 6.45) is 0. The number of rotatable bonds is 6. The second-order valence-electron chi connectivity index (χ2n) is 5.20. The third kappa shape index (κ3) is 3.46. The van der Waals surface area contributed by atoms with Gasteiger partial charge in [0.1, 0.15) is 0 Å². The minimum Gasteiger partial charge on any atom is -0.493 e. The summed E-state index contributed by atoms with van der Waals surface area (Å²) in [6, 6.07) is 10.8. The van der Waals surface area contributed by atoms with Gasteiger partial charge in [-0.15, -0.1) is 0 Å². The Labute approximate surface area is 135 Å². The van der Waals surface area contributed by atoms with E-state index in [9.17, 15) is 4.79 Å². The highest BCUT2D eigenvalue weighted by molar-refractivity contribution is 5.88. The van der Waals surface area contributed by atoms with Gasteiger partial charge < -0.3 is 19.9 Å². The quantitative estimate of drug-likeness (QED) is 0.855. The maximum Gasteiger partial charge on any atom is 0.335 e. The summed E-state index contributed by atoms with van der Waals surface area (Å²) in [4.78, 5) is 11.0. The fourth-order valence-corrected chi connectivity index (χ4v) is 2.41. The number of carbonyl (C=O) groups is 1. The topological polar surface area (TPSA) is 67.8 Å². The van der Waals surface area contributed by atoms with Crippen LogP contribution in [0, 0.1) is 0 Å². The van der Waals surface area contributed by atoms with E-state index in [0.717, 1.165) is 16.7 Å². The molecule has 0 amide bonds. The Morgan fingerprint density at radius 2 is 1.78 bits per heavy atom. The SMILES string of the molecule is CNC(C)c1cc(OC)c(OC)c(-c2ccc(C(=O)O)cc2)c1. The van der Waals surface area contributed by atoms with Gasteiger partial charge >= 0.3 is 5.97 Å². The average molecular weight is 315 g/mol. The number of hydrogen-bond acceptors (Lipinski definition) is 4. The number of hydrogen-bond donors (Lipinski definition) is 2. The fourth-order valence-electron chi connectivity index (χ4n) is 2.41. The van der Waals surface area contributed by atoms with Gasteiger partial charge in [0.15, 0.2) is 11.5 Å². The van der Waals surface area contributed by atoms with Crippen LogP contribution in [0.25, 0.3) is 11.1 Å². The van der Waals surface area contributed by atoms with Crippen molar-refractivity contribution in [2.75, 3.05) is 21.3 Å². The van der Waals surface area contributed by atoms with E-state index in [1.165, 1.54) is 0 Å². The lowest BCUT2D eigenvalue weighted by atomic mass is 9.97. The number of carboxylic acid groups (broad SMARTS) is 1. The highest BCUT2D eigenvalue weighted by atomic mass is 16.5. The van der Waals surface area contributed by atoms with Crippen LogP contribution in [0.1, 0.15) is 28.9 Å². The number of ether oxygens (including phenoxy) is 2. The molecule has 0 fully saturated rings. The molecule has 0 spiro atoms. The van der Waals surface area contributed by atoms with Crippen LogP contribution in [0.15, 0.2) is 36.4 Å². The molecule has 5 nitrogen and oxygen atoms in total. The molecule has 1 unspecified atom stereocenters. The van der Waals surface area contributed by atoms with Crippen molar-refractivity contribution in [1.29, 1.82) is 0 Å². The standard InChI is InChI=1S/C18H21NO4/c1-11(19-2)14-9-15(17(23-4)16(10-14)22-3)12-5-7-13(8-6-12)18(20)21/h5-11,19H,1-4H3,(H,20,21). The van der Waals surface area contributed by atoms with Gasteiger partial charge in [-0.1, -0.05) is 12.1 Å². The molecule has 0 saturated heterocycles. The predicted molar refractivity (Wildman–Crippen MR) is 89.4 cm³/mol. The molecule has 0 heterocycles. The van der Waals surface area contributed by atoms with Gasteiger partial charge in [0.25, 0.3) is 0 Å². The van der Waals surface area contributed by atoms with Gasteiger partial charge in [0, 0.05) is 11.6 Å². The predicted octanol–water partition coefficient (Wildman–Crippen LogP) is 3.35. The number of aromatic carboxylic acids is 1. The van der Waals surface area contributed by atoms with E-state index in [4.69, 9.17) is 14.6 Å². The highest BCUT2D eigenvalue weighted by Crippen LogP contribution is 2.40. The molecule has 0 aliphatic rings. The van der Waals surface area contributed by atoms with E-state index in [1.54, 1.807) is 38.5 Å². The molecule has 0 saturated carbocycles. The van der Waals surface area contributed by atoms with Crippen LogP contribution < -0.4 is 14.8 Å². The van der Waals surface area contributed by atoms with Gasteiger partial charge in [-0.3, -0.25) is 0 Å². The Kier molecular flexibility index (Phi) is 5.24. The Morgan fingerprint density at radius 1 is 1.13 bits per heavy atom. The molecule has 122 valence electrons. The first-order valence-corrected chi connectivity index (χ1v) is 7.28. The zero-order valence-electron chi connectivity index (χ0n) is 13.7. The van der Waals surface area contributed by atoms with Crippen molar-refractivity contribution < 1.29 is 19.4 Å². The van der Waals surface area contributed by atoms with E-state index in [1.807, 2.05) is 19.2 Å². The van der Waals surface area contributed by atoms with Gasteiger partial charge in [-0.2, -0.15) is 0 Å². The maximum absolute atomic E-state index is 11.0. The number of methoxy groups -OCH3 is 2. The summed E-state index contributed by atoms with van der Waals surface area (Å²) < 4.78 is 11.0. The first-order chi connectivity index (χ1) is 11.0. The molecule has 0 bridgehead atoms. The zero-order chi connectivity index (χ0) is 17.0. The lowest BCUT2D eigenvalue weighted by Crippen LogP contribution is -2.12. The Bertz CT molecular complexity index is 695. The molecule has 5 heteroatoms. The molecule has 2 aromatic rings. The van der Waals surface area contributed by atoms with E-state index < -0.39 is 5.97 Å². The second-order valence-corrected chi connectivity index (χ2v) is 5.20. The monoisotopic (exact) mass is 315 g/mol. The summed E-state index contributed by atoms with van der Waals surface area (Å²) >= 11 is 0. The van der Waals surface area contributed by atoms with Gasteiger partial charge in [0.05, 0.1) is 19.8 Å². The first kappa shape index (κ1) is 16.8. The maximum atomic E-state index is 11.0. The van der Waals surface area contributed by atoms with E-state index in [-0.39, 0.29) is 11.6 Å². The zero-order valence-corrected chi connectivity index (χ0v) is 13.7. The van der Waals surface area contributed by atoms with Crippen molar-refractivity contribution in [3.8, 4) is 22.6 Å². The first-order valence-electron chi connectivity index (χ1n) is 7.28. The van der Waals surface area contributed by atoms with Crippen LogP contribution in [-0.2, 0) is 0 Å². The number of nitrogens with one attached hydrogen (secondary N) is 1. The van der Waals surface area contributed by atoms with Gasteiger partial charge in [-0.25, -0.2) is 4.79 Å². The van der Waals surface area contributed by atoms with E-state index >= 15 is 0 Å². The van der Waals surface area contributed by atoms with Crippen molar-refractivity contribution >= 4 is 5.97 Å². The largest absolute Gasteiger partial charge is 0.493 e. The summed E-state index contributed by atoms with van der Waals surface area (Å²) in [6.45, 7) is 2.05. The Morgan fingerprint density at radius 3 is 2.26 bits per heavy atom. The number of benzene rings is 2. The lowest BCUT2D eigenvalue weighted by molar-refractivity contribution is 0.0697. The normalized spacial score (nSPS) is 11.8. The molecule has 2 rings (SSSR count). The molecular formula is C18H21NO4. The van der Waals surface area contributed by atoms with Crippen LogP contribution in [-0.4, -0.2) is 32.3 Å². The number of carboxylic acids is 1. The van der Waals surface area contributed by atoms with Crippen molar-refractivity contribution in [1.82, 2.24) is 5.32 Å². The minimum atomic E-state index is -0.946. The molecule has 2 aromatic carbocycles.